The Morgan fingerprint density at radius 1 is 1.29 bits per heavy atom. The zero-order chi connectivity index (χ0) is 15.5. The molecule has 1 aliphatic rings. The maximum Gasteiger partial charge on any atom is 0.216 e. The second-order valence-corrected chi connectivity index (χ2v) is 8.41. The number of benzene rings is 1. The van der Waals surface area contributed by atoms with Crippen molar-refractivity contribution in [2.45, 2.75) is 51.4 Å². The van der Waals surface area contributed by atoms with Gasteiger partial charge in [-0.05, 0) is 36.4 Å². The first-order chi connectivity index (χ1) is 9.82. The van der Waals surface area contributed by atoms with E-state index in [-0.39, 0.29) is 17.2 Å². The molecule has 2 N–H and O–H groups in total. The number of hydrogen-bond acceptors (Lipinski definition) is 3. The van der Waals surface area contributed by atoms with E-state index in [4.69, 9.17) is 0 Å². The first-order valence-corrected chi connectivity index (χ1v) is 9.20. The van der Waals surface area contributed by atoms with E-state index in [9.17, 15) is 8.42 Å². The van der Waals surface area contributed by atoms with Gasteiger partial charge in [0.25, 0.3) is 0 Å². The van der Waals surface area contributed by atoms with Crippen LogP contribution in [0.3, 0.4) is 0 Å². The maximum absolute atomic E-state index is 12.4. The molecule has 1 aromatic rings. The van der Waals surface area contributed by atoms with Gasteiger partial charge in [-0.25, -0.2) is 13.1 Å². The Bertz CT molecular complexity index is 582. The van der Waals surface area contributed by atoms with Gasteiger partial charge in [0, 0.05) is 12.6 Å². The van der Waals surface area contributed by atoms with Crippen molar-refractivity contribution in [3.63, 3.8) is 0 Å². The molecule has 0 aromatic heterocycles. The van der Waals surface area contributed by atoms with Crippen LogP contribution >= 0.6 is 0 Å². The van der Waals surface area contributed by atoms with Gasteiger partial charge in [-0.15, -0.1) is 0 Å². The van der Waals surface area contributed by atoms with Crippen LogP contribution in [0.4, 0.5) is 0 Å². The van der Waals surface area contributed by atoms with Gasteiger partial charge in [-0.3, -0.25) is 0 Å². The molecule has 0 heterocycles. The van der Waals surface area contributed by atoms with Gasteiger partial charge < -0.3 is 5.32 Å². The lowest BCUT2D eigenvalue weighted by molar-refractivity contribution is 0.313. The molecule has 1 fully saturated rings. The van der Waals surface area contributed by atoms with Gasteiger partial charge in [0.15, 0.2) is 0 Å². The third kappa shape index (κ3) is 4.53. The van der Waals surface area contributed by atoms with Crippen molar-refractivity contribution in [2.75, 3.05) is 7.05 Å². The van der Waals surface area contributed by atoms with E-state index in [1.807, 2.05) is 31.3 Å². The predicted molar refractivity (Wildman–Crippen MR) is 86.4 cm³/mol. The molecule has 2 rings (SSSR count). The third-order valence-corrected chi connectivity index (χ3v) is 5.67. The highest BCUT2D eigenvalue weighted by Gasteiger charge is 2.36. The second kappa shape index (κ2) is 6.46. The van der Waals surface area contributed by atoms with E-state index >= 15 is 0 Å². The fraction of sp³-hybridized carbons (Fsp3) is 0.625. The molecule has 1 atom stereocenters. The van der Waals surface area contributed by atoms with Crippen molar-refractivity contribution < 1.29 is 8.42 Å². The summed E-state index contributed by atoms with van der Waals surface area (Å²) in [5, 5.41) is 3.08. The van der Waals surface area contributed by atoms with Gasteiger partial charge in [0.05, 0.1) is 5.75 Å². The number of rotatable bonds is 6. The lowest BCUT2D eigenvalue weighted by atomic mass is 9.88. The monoisotopic (exact) mass is 310 g/mol. The molecular weight excluding hydrogens is 284 g/mol. The van der Waals surface area contributed by atoms with E-state index < -0.39 is 10.0 Å². The van der Waals surface area contributed by atoms with E-state index in [0.29, 0.717) is 0 Å². The van der Waals surface area contributed by atoms with Crippen LogP contribution in [0.25, 0.3) is 0 Å². The van der Waals surface area contributed by atoms with Crippen LogP contribution in [0.15, 0.2) is 24.3 Å². The van der Waals surface area contributed by atoms with Crippen molar-refractivity contribution in [3.05, 3.63) is 35.4 Å². The smallest absolute Gasteiger partial charge is 0.216 e. The summed E-state index contributed by atoms with van der Waals surface area (Å²) >= 11 is 0. The molecule has 21 heavy (non-hydrogen) atoms. The van der Waals surface area contributed by atoms with Crippen LogP contribution in [0.2, 0.25) is 0 Å². The van der Waals surface area contributed by atoms with Gasteiger partial charge in [0.2, 0.25) is 10.0 Å². The Labute approximate surface area is 128 Å². The first kappa shape index (κ1) is 16.5. The Morgan fingerprint density at radius 3 is 2.62 bits per heavy atom. The Morgan fingerprint density at radius 2 is 2.00 bits per heavy atom. The van der Waals surface area contributed by atoms with Crippen LogP contribution in [0, 0.1) is 5.41 Å². The van der Waals surface area contributed by atoms with E-state index in [1.165, 1.54) is 0 Å². The summed E-state index contributed by atoms with van der Waals surface area (Å²) < 4.78 is 27.7. The Balaban J connectivity index is 2.05. The summed E-state index contributed by atoms with van der Waals surface area (Å²) in [5.41, 5.74) is 2.00. The minimum absolute atomic E-state index is 0.0527. The SMILES string of the molecule is CNCc1cccc(CS(=O)(=O)NC2CCCC2(C)C)c1. The molecule has 0 bridgehead atoms. The molecule has 0 amide bonds. The molecule has 0 aliphatic heterocycles. The Kier molecular flexibility index (Phi) is 5.07. The van der Waals surface area contributed by atoms with E-state index in [2.05, 4.69) is 23.9 Å². The van der Waals surface area contributed by atoms with Gasteiger partial charge >= 0.3 is 0 Å². The molecule has 1 aliphatic carbocycles. The lowest BCUT2D eigenvalue weighted by Gasteiger charge is -2.27. The molecule has 4 nitrogen and oxygen atoms in total. The molecule has 0 saturated heterocycles. The van der Waals surface area contributed by atoms with Crippen LogP contribution in [0.5, 0.6) is 0 Å². The number of sulfonamides is 1. The molecule has 0 radical (unpaired) electrons. The standard InChI is InChI=1S/C16H26N2O2S/c1-16(2)9-5-8-15(16)18-21(19,20)12-14-7-4-6-13(10-14)11-17-3/h4,6-7,10,15,17-18H,5,8-9,11-12H2,1-3H3. The van der Waals surface area contributed by atoms with Crippen molar-refractivity contribution in [2.24, 2.45) is 5.41 Å². The molecular formula is C16H26N2O2S. The van der Waals surface area contributed by atoms with Gasteiger partial charge in [0.1, 0.15) is 0 Å². The average molecular weight is 310 g/mol. The number of hydrogen-bond donors (Lipinski definition) is 2. The van der Waals surface area contributed by atoms with Crippen molar-refractivity contribution in [1.82, 2.24) is 10.0 Å². The van der Waals surface area contributed by atoms with Crippen molar-refractivity contribution in [3.8, 4) is 0 Å². The largest absolute Gasteiger partial charge is 0.316 e. The van der Waals surface area contributed by atoms with Crippen LogP contribution in [-0.4, -0.2) is 21.5 Å². The first-order valence-electron chi connectivity index (χ1n) is 7.55. The van der Waals surface area contributed by atoms with Crippen LogP contribution < -0.4 is 10.0 Å². The highest BCUT2D eigenvalue weighted by Crippen LogP contribution is 2.37. The van der Waals surface area contributed by atoms with E-state index in [0.717, 1.165) is 36.9 Å². The second-order valence-electron chi connectivity index (χ2n) is 6.66. The normalized spacial score (nSPS) is 21.6. The lowest BCUT2D eigenvalue weighted by Crippen LogP contribution is -2.41. The molecule has 1 saturated carbocycles. The minimum Gasteiger partial charge on any atom is -0.316 e. The molecule has 1 aromatic carbocycles. The van der Waals surface area contributed by atoms with E-state index in [1.54, 1.807) is 0 Å². The van der Waals surface area contributed by atoms with Crippen LogP contribution in [0.1, 0.15) is 44.2 Å². The fourth-order valence-electron chi connectivity index (χ4n) is 3.06. The topological polar surface area (TPSA) is 58.2 Å². The quantitative estimate of drug-likeness (QED) is 0.848. The van der Waals surface area contributed by atoms with Gasteiger partial charge in [-0.1, -0.05) is 44.5 Å². The fourth-order valence-corrected chi connectivity index (χ4v) is 4.63. The summed E-state index contributed by atoms with van der Waals surface area (Å²) in [5.74, 6) is 0.0527. The molecule has 1 unspecified atom stereocenters. The summed E-state index contributed by atoms with van der Waals surface area (Å²) in [6.45, 7) is 5.03. The summed E-state index contributed by atoms with van der Waals surface area (Å²) in [6.07, 6.45) is 3.11. The van der Waals surface area contributed by atoms with Gasteiger partial charge in [-0.2, -0.15) is 0 Å². The average Bonchev–Trinajstić information content (AvgIpc) is 2.68. The Hall–Kier alpha value is -0.910. The van der Waals surface area contributed by atoms with Crippen LogP contribution in [-0.2, 0) is 22.3 Å². The molecule has 0 spiro atoms. The highest BCUT2D eigenvalue weighted by molar-refractivity contribution is 7.88. The van der Waals surface area contributed by atoms with Crippen molar-refractivity contribution in [1.29, 1.82) is 0 Å². The number of nitrogens with one attached hydrogen (secondary N) is 2. The zero-order valence-corrected chi connectivity index (χ0v) is 14.0. The maximum atomic E-state index is 12.4. The summed E-state index contributed by atoms with van der Waals surface area (Å²) in [7, 11) is -1.41. The minimum atomic E-state index is -3.29. The predicted octanol–water partition coefficient (Wildman–Crippen LogP) is 2.40. The molecule has 5 heteroatoms. The van der Waals surface area contributed by atoms with Crippen molar-refractivity contribution >= 4 is 10.0 Å². The third-order valence-electron chi connectivity index (χ3n) is 4.31. The summed E-state index contributed by atoms with van der Waals surface area (Å²) in [6, 6.07) is 7.80. The molecule has 118 valence electrons. The zero-order valence-electron chi connectivity index (χ0n) is 13.1. The summed E-state index contributed by atoms with van der Waals surface area (Å²) in [4.78, 5) is 0. The highest BCUT2D eigenvalue weighted by atomic mass is 32.2.